The van der Waals surface area contributed by atoms with Crippen LogP contribution in [0.5, 0.6) is 11.5 Å². The number of ether oxygens (including phenoxy) is 4. The lowest BCUT2D eigenvalue weighted by Crippen LogP contribution is -2.11. The molecule has 0 fully saturated rings. The largest absolute Gasteiger partial charge is 0.426 e. The molecule has 0 unspecified atom stereocenters. The van der Waals surface area contributed by atoms with Crippen LogP contribution in [0.4, 0.5) is 0 Å². The monoisotopic (exact) mass is 945 g/mol. The number of carbonyl (C=O) groups is 4. The lowest BCUT2D eigenvalue weighted by molar-refractivity contribution is -0.139. The fourth-order valence-corrected chi connectivity index (χ4v) is 9.43. The Morgan fingerprint density at radius 3 is 0.750 bits per heavy atom. The Balaban J connectivity index is 1.82. The van der Waals surface area contributed by atoms with Crippen LogP contribution in [0, 0.1) is 0 Å². The second-order valence-electron chi connectivity index (χ2n) is 19.8. The van der Waals surface area contributed by atoms with E-state index in [9.17, 15) is 19.2 Å². The highest BCUT2D eigenvalue weighted by Gasteiger charge is 2.34. The molecule has 0 aromatic heterocycles. The third-order valence-electron chi connectivity index (χ3n) is 13.6. The maximum absolute atomic E-state index is 13.6. The first-order chi connectivity index (χ1) is 33.3. The summed E-state index contributed by atoms with van der Waals surface area (Å²) in [5, 5.41) is 1.00. The molecule has 0 heterocycles. The molecule has 2 aromatic carbocycles. The topological polar surface area (TPSA) is 105 Å². The lowest BCUT2D eigenvalue weighted by atomic mass is 10.0. The molecule has 0 amide bonds. The van der Waals surface area contributed by atoms with Crippen molar-refractivity contribution in [1.82, 2.24) is 0 Å². The molecule has 0 atom stereocenters. The molecular weight excluding hydrogens is 849 g/mol. The van der Waals surface area contributed by atoms with Gasteiger partial charge in [-0.3, -0.25) is 19.2 Å². The minimum atomic E-state index is -0.388. The summed E-state index contributed by atoms with van der Waals surface area (Å²) in [4.78, 5) is 54.2. The van der Waals surface area contributed by atoms with Crippen LogP contribution in [0.15, 0.2) is 24.3 Å². The number of rotatable bonds is 44. The minimum Gasteiger partial charge on any atom is -0.426 e. The third-order valence-corrected chi connectivity index (χ3v) is 13.6. The predicted molar refractivity (Wildman–Crippen MR) is 282 cm³/mol. The zero-order valence-electron chi connectivity index (χ0n) is 43.9. The Morgan fingerprint density at radius 1 is 0.279 bits per heavy atom. The number of carbonyl (C=O) groups excluding carboxylic acids is 4. The summed E-state index contributed by atoms with van der Waals surface area (Å²) in [5.74, 6) is -0.603. The summed E-state index contributed by atoms with van der Waals surface area (Å²) < 4.78 is 24.6. The molecule has 0 N–H and O–H groups in total. The summed E-state index contributed by atoms with van der Waals surface area (Å²) in [6, 6.07) is 6.91. The van der Waals surface area contributed by atoms with Crippen LogP contribution in [0.25, 0.3) is 22.3 Å². The average Bonchev–Trinajstić information content (AvgIpc) is 3.61. The highest BCUT2D eigenvalue weighted by atomic mass is 16.6. The van der Waals surface area contributed by atoms with Crippen molar-refractivity contribution in [2.24, 2.45) is 0 Å². The second-order valence-corrected chi connectivity index (χ2v) is 19.8. The van der Waals surface area contributed by atoms with E-state index in [0.717, 1.165) is 64.2 Å². The smallest absolute Gasteiger partial charge is 0.311 e. The van der Waals surface area contributed by atoms with Gasteiger partial charge in [-0.1, -0.05) is 233 Å². The molecule has 8 heteroatoms. The van der Waals surface area contributed by atoms with Crippen LogP contribution in [0.1, 0.15) is 296 Å². The molecule has 1 aliphatic rings. The van der Waals surface area contributed by atoms with Crippen molar-refractivity contribution in [3.8, 4) is 11.5 Å². The first-order valence-corrected chi connectivity index (χ1v) is 28.5. The molecule has 0 spiro atoms. The van der Waals surface area contributed by atoms with Gasteiger partial charge in [0.1, 0.15) is 11.5 Å². The van der Waals surface area contributed by atoms with Gasteiger partial charge in [0.25, 0.3) is 0 Å². The molecule has 8 nitrogen and oxygen atoms in total. The Morgan fingerprint density at radius 2 is 0.500 bits per heavy atom. The normalized spacial score (nSPS) is 12.0. The van der Waals surface area contributed by atoms with Crippen LogP contribution >= 0.6 is 0 Å². The third kappa shape index (κ3) is 24.2. The molecule has 0 radical (unpaired) electrons. The molecule has 68 heavy (non-hydrogen) atoms. The fraction of sp³-hybridized carbons (Fsp3) is 0.733. The molecule has 384 valence electrons. The van der Waals surface area contributed by atoms with E-state index in [1.165, 1.54) is 154 Å². The van der Waals surface area contributed by atoms with Crippen LogP contribution < -0.4 is 9.47 Å². The van der Waals surface area contributed by atoms with Gasteiger partial charge in [0.15, 0.2) is 11.5 Å². The van der Waals surface area contributed by atoms with Crippen LogP contribution in [0.2, 0.25) is 0 Å². The van der Waals surface area contributed by atoms with Gasteiger partial charge in [-0.05, 0) is 49.9 Å². The Labute approximate surface area is 414 Å². The van der Waals surface area contributed by atoms with E-state index < -0.39 is 0 Å². The quantitative estimate of drug-likeness (QED) is 0.0367. The molecular formula is C60H96O8. The summed E-state index contributed by atoms with van der Waals surface area (Å²) >= 11 is 0. The van der Waals surface area contributed by atoms with Crippen molar-refractivity contribution < 1.29 is 38.1 Å². The molecule has 1 aliphatic carbocycles. The number of esters is 4. The lowest BCUT2D eigenvalue weighted by Gasteiger charge is -2.14. The van der Waals surface area contributed by atoms with E-state index in [1.807, 2.05) is 0 Å². The number of hydrogen-bond donors (Lipinski definition) is 0. The van der Waals surface area contributed by atoms with E-state index in [2.05, 4.69) is 27.7 Å². The van der Waals surface area contributed by atoms with Gasteiger partial charge in [-0.2, -0.15) is 0 Å². The highest BCUT2D eigenvalue weighted by Crippen LogP contribution is 2.49. The first-order valence-electron chi connectivity index (χ1n) is 28.5. The maximum Gasteiger partial charge on any atom is 0.311 e. The summed E-state index contributed by atoms with van der Waals surface area (Å²) in [7, 11) is 0. The van der Waals surface area contributed by atoms with Gasteiger partial charge in [-0.15, -0.1) is 0 Å². The van der Waals surface area contributed by atoms with E-state index in [-0.39, 0.29) is 72.6 Å². The predicted octanol–water partition coefficient (Wildman–Crippen LogP) is 18.6. The summed E-state index contributed by atoms with van der Waals surface area (Å²) in [6.45, 7) is 8.92. The number of benzene rings is 2. The first kappa shape index (κ1) is 58.6. The minimum absolute atomic E-state index is 0.178. The van der Waals surface area contributed by atoms with E-state index in [1.54, 1.807) is 24.3 Å². The fourth-order valence-electron chi connectivity index (χ4n) is 9.43. The average molecular weight is 945 g/mol. The molecule has 0 saturated carbocycles. The number of unbranched alkanes of at least 4 members (excludes halogenated alkanes) is 32. The second kappa shape index (κ2) is 38.1. The Hall–Kier alpha value is -3.68. The Kier molecular flexibility index (Phi) is 32.9. The van der Waals surface area contributed by atoms with Crippen molar-refractivity contribution in [3.63, 3.8) is 0 Å². The van der Waals surface area contributed by atoms with E-state index >= 15 is 0 Å². The molecule has 0 saturated heterocycles. The van der Waals surface area contributed by atoms with Gasteiger partial charge >= 0.3 is 23.9 Å². The summed E-state index contributed by atoms with van der Waals surface area (Å²) in [5.41, 5.74) is 1.08. The molecule has 3 rings (SSSR count). The zero-order chi connectivity index (χ0) is 48.9. The van der Waals surface area contributed by atoms with Gasteiger partial charge in [0.05, 0.1) is 5.39 Å². The zero-order valence-corrected chi connectivity index (χ0v) is 43.9. The highest BCUT2D eigenvalue weighted by molar-refractivity contribution is 6.16. The van der Waals surface area contributed by atoms with E-state index in [0.29, 0.717) is 34.7 Å². The maximum atomic E-state index is 13.6. The van der Waals surface area contributed by atoms with Crippen molar-refractivity contribution in [3.05, 3.63) is 35.4 Å². The van der Waals surface area contributed by atoms with Crippen molar-refractivity contribution >= 4 is 46.2 Å². The summed E-state index contributed by atoms with van der Waals surface area (Å²) in [6.07, 6.45) is 41.9. The Bertz CT molecular complexity index is 1620. The van der Waals surface area contributed by atoms with Crippen molar-refractivity contribution in [2.45, 2.75) is 285 Å². The van der Waals surface area contributed by atoms with Crippen molar-refractivity contribution in [2.75, 3.05) is 0 Å². The van der Waals surface area contributed by atoms with Crippen LogP contribution in [-0.4, -0.2) is 23.9 Å². The molecule has 2 aromatic rings. The van der Waals surface area contributed by atoms with Crippen LogP contribution in [0.3, 0.4) is 0 Å². The van der Waals surface area contributed by atoms with Crippen molar-refractivity contribution in [1.29, 1.82) is 0 Å². The van der Waals surface area contributed by atoms with Crippen LogP contribution in [-0.2, 0) is 28.7 Å². The number of hydrogen-bond acceptors (Lipinski definition) is 8. The van der Waals surface area contributed by atoms with E-state index in [4.69, 9.17) is 18.9 Å². The molecule has 0 aliphatic heterocycles. The van der Waals surface area contributed by atoms with Gasteiger partial charge < -0.3 is 18.9 Å². The SMILES string of the molecule is CCCCCCCCCCCC(=O)OC1=C(OC(=O)CCCCCCCCCCC)c2ccc(OC(=O)CCCCCCCCCCC)c3c(OC(=O)CCCCCCCCCCC)ccc1c23. The standard InChI is InChI=1S/C60H96O8/c1-5-9-13-17-21-25-29-33-37-41-53(61)65-51-47-45-49-57-50(46-48-52(58(51)57)66-54(62)42-38-34-30-26-22-18-14-10-6-2)60(68-56(64)44-40-36-32-28-24-20-16-12-8-4)59(49)67-55(63)43-39-35-31-27-23-19-15-11-7-3/h45-48H,5-44H2,1-4H3. The van der Waals surface area contributed by atoms with Gasteiger partial charge in [0.2, 0.25) is 0 Å². The molecule has 0 bridgehead atoms. The van der Waals surface area contributed by atoms with Gasteiger partial charge in [-0.25, -0.2) is 0 Å². The van der Waals surface area contributed by atoms with Gasteiger partial charge in [0, 0.05) is 42.2 Å².